The third kappa shape index (κ3) is 4.97. The molecule has 0 saturated carbocycles. The molecule has 138 valence electrons. The van der Waals surface area contributed by atoms with Gasteiger partial charge in [0.1, 0.15) is 12.1 Å². The van der Waals surface area contributed by atoms with E-state index in [1.54, 1.807) is 23.7 Å². The first kappa shape index (κ1) is 18.2. The summed E-state index contributed by atoms with van der Waals surface area (Å²) in [5, 5.41) is 9.03. The van der Waals surface area contributed by atoms with Gasteiger partial charge in [-0.3, -0.25) is 14.9 Å². The summed E-state index contributed by atoms with van der Waals surface area (Å²) >= 11 is 0. The van der Waals surface area contributed by atoms with Gasteiger partial charge in [-0.25, -0.2) is 14.1 Å². The smallest absolute Gasteiger partial charge is 0.316 e. The number of aromatic nitrogens is 3. The molecule has 0 aliphatic heterocycles. The molecule has 8 heteroatoms. The molecule has 1 aromatic heterocycles. The molecule has 0 saturated heterocycles. The van der Waals surface area contributed by atoms with Crippen LogP contribution in [0.4, 0.5) is 10.3 Å². The van der Waals surface area contributed by atoms with Crippen LogP contribution in [0.2, 0.25) is 0 Å². The van der Waals surface area contributed by atoms with Crippen molar-refractivity contribution < 1.29 is 14.0 Å². The van der Waals surface area contributed by atoms with Crippen LogP contribution in [0.5, 0.6) is 0 Å². The normalized spacial score (nSPS) is 11.6. The second-order valence-electron chi connectivity index (χ2n) is 5.95. The predicted octanol–water partition coefficient (Wildman–Crippen LogP) is 2.28. The van der Waals surface area contributed by atoms with Crippen LogP contribution in [0.25, 0.3) is 0 Å². The van der Waals surface area contributed by atoms with Crippen LogP contribution in [0.3, 0.4) is 0 Å². The largest absolute Gasteiger partial charge is 0.341 e. The summed E-state index contributed by atoms with van der Waals surface area (Å²) in [5.74, 6) is -2.03. The minimum Gasteiger partial charge on any atom is -0.341 e. The van der Waals surface area contributed by atoms with E-state index in [1.165, 1.54) is 18.5 Å². The first-order valence-corrected chi connectivity index (χ1v) is 8.32. The molecule has 3 rings (SSSR count). The number of carbonyl (C=O) groups excluding carboxylic acids is 2. The highest BCUT2D eigenvalue weighted by molar-refractivity contribution is 6.39. The van der Waals surface area contributed by atoms with Crippen LogP contribution in [-0.2, 0) is 16.1 Å². The van der Waals surface area contributed by atoms with Crippen molar-refractivity contribution in [2.24, 2.45) is 0 Å². The maximum absolute atomic E-state index is 13.0. The molecule has 0 unspecified atom stereocenters. The maximum atomic E-state index is 13.0. The number of benzene rings is 2. The predicted molar refractivity (Wildman–Crippen MR) is 97.2 cm³/mol. The summed E-state index contributed by atoms with van der Waals surface area (Å²) < 4.78 is 14.5. The summed E-state index contributed by atoms with van der Waals surface area (Å²) in [6.07, 6.45) is 1.47. The second kappa shape index (κ2) is 8.22. The van der Waals surface area contributed by atoms with E-state index in [0.29, 0.717) is 12.1 Å². The van der Waals surface area contributed by atoms with E-state index in [0.717, 1.165) is 5.56 Å². The Bertz CT molecular complexity index is 925. The van der Waals surface area contributed by atoms with Gasteiger partial charge < -0.3 is 5.32 Å². The summed E-state index contributed by atoms with van der Waals surface area (Å²) in [6.45, 7) is 2.20. The van der Waals surface area contributed by atoms with Crippen LogP contribution >= 0.6 is 0 Å². The molecule has 7 nitrogen and oxygen atoms in total. The van der Waals surface area contributed by atoms with E-state index in [1.807, 2.05) is 30.3 Å². The van der Waals surface area contributed by atoms with Gasteiger partial charge in [-0.15, -0.1) is 5.10 Å². The van der Waals surface area contributed by atoms with Crippen molar-refractivity contribution in [3.63, 3.8) is 0 Å². The van der Waals surface area contributed by atoms with Crippen LogP contribution in [0.15, 0.2) is 60.9 Å². The average molecular weight is 367 g/mol. The number of nitrogens with zero attached hydrogens (tertiary/aromatic N) is 3. The number of rotatable bonds is 5. The molecule has 2 aromatic carbocycles. The van der Waals surface area contributed by atoms with Gasteiger partial charge in [-0.1, -0.05) is 42.5 Å². The van der Waals surface area contributed by atoms with Crippen molar-refractivity contribution in [3.05, 3.63) is 77.9 Å². The number of anilines is 1. The number of carbonyl (C=O) groups is 2. The van der Waals surface area contributed by atoms with E-state index in [4.69, 9.17) is 0 Å². The Hall–Kier alpha value is -3.55. The molecule has 1 heterocycles. The lowest BCUT2D eigenvalue weighted by Crippen LogP contribution is -2.37. The molecule has 0 bridgehead atoms. The third-order valence-electron chi connectivity index (χ3n) is 3.87. The fraction of sp³-hybridized carbons (Fsp3) is 0.158. The van der Waals surface area contributed by atoms with Gasteiger partial charge in [0.25, 0.3) is 0 Å². The van der Waals surface area contributed by atoms with Gasteiger partial charge in [0, 0.05) is 0 Å². The quantitative estimate of drug-likeness (QED) is 0.677. The number of hydrogen-bond donors (Lipinski definition) is 2. The van der Waals surface area contributed by atoms with E-state index in [9.17, 15) is 14.0 Å². The number of hydrogen-bond acceptors (Lipinski definition) is 4. The minimum absolute atomic E-state index is 0.0421. The van der Waals surface area contributed by atoms with Gasteiger partial charge in [0.15, 0.2) is 0 Å². The molecule has 3 aromatic rings. The lowest BCUT2D eigenvalue weighted by atomic mass is 10.1. The first-order valence-electron chi connectivity index (χ1n) is 8.32. The molecule has 0 aliphatic rings. The molecule has 27 heavy (non-hydrogen) atoms. The summed E-state index contributed by atoms with van der Waals surface area (Å²) in [5.41, 5.74) is 1.72. The third-order valence-corrected chi connectivity index (χ3v) is 3.87. The second-order valence-corrected chi connectivity index (χ2v) is 5.95. The Morgan fingerprint density at radius 3 is 2.48 bits per heavy atom. The zero-order chi connectivity index (χ0) is 19.2. The van der Waals surface area contributed by atoms with Crippen molar-refractivity contribution in [1.29, 1.82) is 0 Å². The lowest BCUT2D eigenvalue weighted by Gasteiger charge is -2.13. The highest BCUT2D eigenvalue weighted by Crippen LogP contribution is 2.12. The van der Waals surface area contributed by atoms with Crippen molar-refractivity contribution in [3.8, 4) is 0 Å². The first-order chi connectivity index (χ1) is 13.0. The lowest BCUT2D eigenvalue weighted by molar-refractivity contribution is -0.136. The molecular weight excluding hydrogens is 349 g/mol. The number of halogens is 1. The fourth-order valence-corrected chi connectivity index (χ4v) is 2.45. The molecule has 2 N–H and O–H groups in total. The topological polar surface area (TPSA) is 88.9 Å². The van der Waals surface area contributed by atoms with Crippen molar-refractivity contribution in [2.45, 2.75) is 19.5 Å². The Morgan fingerprint density at radius 2 is 1.78 bits per heavy atom. The van der Waals surface area contributed by atoms with Crippen LogP contribution in [0, 0.1) is 5.82 Å². The molecular formula is C19H18FN5O2. The summed E-state index contributed by atoms with van der Waals surface area (Å²) in [6, 6.07) is 14.9. The Morgan fingerprint density at radius 1 is 1.07 bits per heavy atom. The average Bonchev–Trinajstić information content (AvgIpc) is 3.09. The Balaban J connectivity index is 1.55. The van der Waals surface area contributed by atoms with Crippen molar-refractivity contribution in [1.82, 2.24) is 20.1 Å². The molecule has 0 radical (unpaired) electrons. The molecule has 0 aliphatic carbocycles. The monoisotopic (exact) mass is 367 g/mol. The van der Waals surface area contributed by atoms with E-state index in [-0.39, 0.29) is 11.8 Å². The summed E-state index contributed by atoms with van der Waals surface area (Å²) in [7, 11) is 0. The highest BCUT2D eigenvalue weighted by atomic mass is 19.1. The minimum atomic E-state index is -0.874. The van der Waals surface area contributed by atoms with Crippen LogP contribution < -0.4 is 10.6 Å². The zero-order valence-electron chi connectivity index (χ0n) is 14.6. The van der Waals surface area contributed by atoms with Gasteiger partial charge in [0.2, 0.25) is 5.95 Å². The van der Waals surface area contributed by atoms with Crippen LogP contribution in [-0.4, -0.2) is 26.6 Å². The Labute approximate surface area is 155 Å². The number of amides is 2. The van der Waals surface area contributed by atoms with Crippen molar-refractivity contribution >= 4 is 17.8 Å². The molecule has 0 fully saturated rings. The standard InChI is InChI=1S/C19H18FN5O2/c1-13(15-7-9-16(20)10-8-15)22-17(26)18(27)23-19-21-12-25(24-19)11-14-5-3-2-4-6-14/h2-10,12-13H,11H2,1H3,(H,22,26)(H,23,24,27)/t13-/m1/s1. The fourth-order valence-electron chi connectivity index (χ4n) is 2.45. The zero-order valence-corrected chi connectivity index (χ0v) is 14.6. The van der Waals surface area contributed by atoms with E-state index >= 15 is 0 Å². The number of nitrogens with one attached hydrogen (secondary N) is 2. The summed E-state index contributed by atoms with van der Waals surface area (Å²) in [4.78, 5) is 28.0. The molecule has 0 spiro atoms. The SMILES string of the molecule is C[C@@H](NC(=O)C(=O)Nc1ncn(Cc2ccccc2)n1)c1ccc(F)cc1. The van der Waals surface area contributed by atoms with Crippen LogP contribution in [0.1, 0.15) is 24.1 Å². The Kier molecular flexibility index (Phi) is 5.55. The van der Waals surface area contributed by atoms with Gasteiger partial charge in [-0.05, 0) is 30.2 Å². The van der Waals surface area contributed by atoms with Gasteiger partial charge >= 0.3 is 11.8 Å². The van der Waals surface area contributed by atoms with E-state index < -0.39 is 17.9 Å². The highest BCUT2D eigenvalue weighted by Gasteiger charge is 2.18. The van der Waals surface area contributed by atoms with Gasteiger partial charge in [-0.2, -0.15) is 0 Å². The van der Waals surface area contributed by atoms with E-state index in [2.05, 4.69) is 20.7 Å². The molecule has 1 atom stereocenters. The van der Waals surface area contributed by atoms with Crippen molar-refractivity contribution in [2.75, 3.05) is 5.32 Å². The maximum Gasteiger partial charge on any atom is 0.316 e. The van der Waals surface area contributed by atoms with Gasteiger partial charge in [0.05, 0.1) is 12.6 Å². The molecule has 2 amide bonds.